The van der Waals surface area contributed by atoms with Gasteiger partial charge in [-0.1, -0.05) is 37.1 Å². The second-order valence-corrected chi connectivity index (χ2v) is 9.27. The molecule has 1 aliphatic carbocycles. The number of hydrogen-bond donors (Lipinski definition) is 1. The quantitative estimate of drug-likeness (QED) is 0.412. The van der Waals surface area contributed by atoms with E-state index in [0.29, 0.717) is 12.5 Å². The van der Waals surface area contributed by atoms with Gasteiger partial charge in [-0.3, -0.25) is 9.79 Å². The number of fused-ring (bicyclic) bond motifs is 1. The summed E-state index contributed by atoms with van der Waals surface area (Å²) >= 11 is 0. The van der Waals surface area contributed by atoms with Crippen LogP contribution in [0.3, 0.4) is 0 Å². The van der Waals surface area contributed by atoms with Crippen LogP contribution in [0.1, 0.15) is 62.5 Å². The predicted octanol–water partition coefficient (Wildman–Crippen LogP) is 3.56. The lowest BCUT2D eigenvalue weighted by Gasteiger charge is -2.34. The highest BCUT2D eigenvalue weighted by Crippen LogP contribution is 2.26. The molecule has 1 amide bonds. The molecule has 1 saturated carbocycles. The van der Waals surface area contributed by atoms with Gasteiger partial charge < -0.3 is 19.9 Å². The number of carbonyl (C=O) groups excluding carboxylic acids is 1. The van der Waals surface area contributed by atoms with E-state index in [0.717, 1.165) is 70.5 Å². The van der Waals surface area contributed by atoms with Gasteiger partial charge in [-0.25, -0.2) is 0 Å². The molecule has 2 fully saturated rings. The van der Waals surface area contributed by atoms with Gasteiger partial charge in [-0.2, -0.15) is 0 Å². The zero-order valence-corrected chi connectivity index (χ0v) is 19.0. The van der Waals surface area contributed by atoms with Gasteiger partial charge >= 0.3 is 0 Å². The number of amides is 1. The lowest BCUT2D eigenvalue weighted by molar-refractivity contribution is -0.131. The van der Waals surface area contributed by atoms with Crippen LogP contribution in [0, 0.1) is 5.92 Å². The standard InChI is InChI=1S/C25H38N4O2/c1-26-25(28-15-12-23(13-16-28)31-19-20-7-2-3-8-20)27-14-6-11-24(30)29-17-21-9-4-5-10-22(21)18-29/h4-5,9-10,20,23H,2-3,6-8,11-19H2,1H3,(H,26,27). The van der Waals surface area contributed by atoms with E-state index < -0.39 is 0 Å². The van der Waals surface area contributed by atoms with Gasteiger partial charge in [-0.05, 0) is 49.1 Å². The molecule has 0 aromatic heterocycles. The van der Waals surface area contributed by atoms with E-state index in [1.165, 1.54) is 36.8 Å². The zero-order valence-electron chi connectivity index (χ0n) is 19.0. The Labute approximate surface area is 187 Å². The number of hydrogen-bond acceptors (Lipinski definition) is 3. The molecule has 6 nitrogen and oxygen atoms in total. The molecular weight excluding hydrogens is 388 g/mol. The van der Waals surface area contributed by atoms with E-state index >= 15 is 0 Å². The molecule has 6 heteroatoms. The first-order valence-electron chi connectivity index (χ1n) is 12.1. The van der Waals surface area contributed by atoms with Gasteiger partial charge in [0, 0.05) is 52.8 Å². The topological polar surface area (TPSA) is 57.2 Å². The van der Waals surface area contributed by atoms with E-state index in [-0.39, 0.29) is 5.91 Å². The van der Waals surface area contributed by atoms with Crippen molar-refractivity contribution in [3.05, 3.63) is 35.4 Å². The molecule has 0 unspecified atom stereocenters. The first kappa shape index (κ1) is 22.1. The second-order valence-electron chi connectivity index (χ2n) is 9.27. The van der Waals surface area contributed by atoms with Crippen molar-refractivity contribution < 1.29 is 9.53 Å². The van der Waals surface area contributed by atoms with Crippen molar-refractivity contribution in [2.45, 2.75) is 70.6 Å². The number of piperidine rings is 1. The smallest absolute Gasteiger partial charge is 0.223 e. The number of carbonyl (C=O) groups is 1. The molecule has 170 valence electrons. The van der Waals surface area contributed by atoms with Crippen molar-refractivity contribution in [3.8, 4) is 0 Å². The van der Waals surface area contributed by atoms with Crippen molar-refractivity contribution in [2.75, 3.05) is 33.3 Å². The van der Waals surface area contributed by atoms with Crippen LogP contribution in [0.15, 0.2) is 29.3 Å². The summed E-state index contributed by atoms with van der Waals surface area (Å²) in [7, 11) is 1.84. The molecule has 1 aromatic carbocycles. The summed E-state index contributed by atoms with van der Waals surface area (Å²) < 4.78 is 6.20. The Hall–Kier alpha value is -2.08. The van der Waals surface area contributed by atoms with Crippen LogP contribution in [-0.4, -0.2) is 61.1 Å². The van der Waals surface area contributed by atoms with Gasteiger partial charge in [0.05, 0.1) is 6.10 Å². The number of benzene rings is 1. The third-order valence-electron chi connectivity index (χ3n) is 7.04. The maximum absolute atomic E-state index is 12.6. The Morgan fingerprint density at radius 1 is 1.06 bits per heavy atom. The van der Waals surface area contributed by atoms with E-state index in [1.807, 2.05) is 24.1 Å². The highest BCUT2D eigenvalue weighted by Gasteiger charge is 2.24. The van der Waals surface area contributed by atoms with Crippen molar-refractivity contribution in [3.63, 3.8) is 0 Å². The third-order valence-corrected chi connectivity index (χ3v) is 7.04. The van der Waals surface area contributed by atoms with Gasteiger partial charge in [0.1, 0.15) is 0 Å². The summed E-state index contributed by atoms with van der Waals surface area (Å²) in [4.78, 5) is 21.3. The minimum atomic E-state index is 0.244. The maximum Gasteiger partial charge on any atom is 0.223 e. The Balaban J connectivity index is 1.11. The molecule has 2 aliphatic heterocycles. The molecule has 1 N–H and O–H groups in total. The number of likely N-dealkylation sites (tertiary alicyclic amines) is 1. The van der Waals surface area contributed by atoms with E-state index in [2.05, 4.69) is 27.3 Å². The molecule has 0 atom stereocenters. The predicted molar refractivity (Wildman–Crippen MR) is 124 cm³/mol. The van der Waals surface area contributed by atoms with Crippen molar-refractivity contribution >= 4 is 11.9 Å². The van der Waals surface area contributed by atoms with Crippen LogP contribution >= 0.6 is 0 Å². The first-order valence-corrected chi connectivity index (χ1v) is 12.1. The molecule has 31 heavy (non-hydrogen) atoms. The lowest BCUT2D eigenvalue weighted by Crippen LogP contribution is -2.47. The molecule has 0 bridgehead atoms. The zero-order chi connectivity index (χ0) is 21.5. The highest BCUT2D eigenvalue weighted by molar-refractivity contribution is 5.80. The third kappa shape index (κ3) is 6.00. The lowest BCUT2D eigenvalue weighted by atomic mass is 10.1. The molecule has 1 aromatic rings. The highest BCUT2D eigenvalue weighted by atomic mass is 16.5. The monoisotopic (exact) mass is 426 g/mol. The first-order chi connectivity index (χ1) is 15.2. The number of guanidine groups is 1. The molecule has 0 radical (unpaired) electrons. The van der Waals surface area contributed by atoms with E-state index in [1.54, 1.807) is 0 Å². The summed E-state index contributed by atoms with van der Waals surface area (Å²) in [5.41, 5.74) is 2.56. The average molecular weight is 427 g/mol. The largest absolute Gasteiger partial charge is 0.378 e. The molecular formula is C25H38N4O2. The van der Waals surface area contributed by atoms with Gasteiger partial charge in [0.15, 0.2) is 5.96 Å². The molecule has 1 saturated heterocycles. The summed E-state index contributed by atoms with van der Waals surface area (Å²) in [6.07, 6.45) is 9.41. The Kier molecular flexibility index (Phi) is 7.84. The van der Waals surface area contributed by atoms with Gasteiger partial charge in [0.2, 0.25) is 5.91 Å². The average Bonchev–Trinajstić information content (AvgIpc) is 3.48. The van der Waals surface area contributed by atoms with Gasteiger partial charge in [0.25, 0.3) is 0 Å². The minimum absolute atomic E-state index is 0.244. The van der Waals surface area contributed by atoms with Crippen LogP contribution in [0.4, 0.5) is 0 Å². The Morgan fingerprint density at radius 2 is 1.74 bits per heavy atom. The van der Waals surface area contributed by atoms with Crippen LogP contribution < -0.4 is 5.32 Å². The summed E-state index contributed by atoms with van der Waals surface area (Å²) in [6.45, 7) is 5.20. The molecule has 2 heterocycles. The summed E-state index contributed by atoms with van der Waals surface area (Å²) in [5.74, 6) is 1.99. The number of ether oxygens (including phenoxy) is 1. The van der Waals surface area contributed by atoms with Crippen LogP contribution in [0.5, 0.6) is 0 Å². The van der Waals surface area contributed by atoms with Crippen molar-refractivity contribution in [1.82, 2.24) is 15.1 Å². The normalized spacial score (nSPS) is 20.4. The Morgan fingerprint density at radius 3 is 2.39 bits per heavy atom. The number of nitrogens with zero attached hydrogens (tertiary/aromatic N) is 3. The number of rotatable bonds is 7. The van der Waals surface area contributed by atoms with Crippen molar-refractivity contribution in [2.24, 2.45) is 10.9 Å². The minimum Gasteiger partial charge on any atom is -0.378 e. The summed E-state index contributed by atoms with van der Waals surface area (Å²) in [6, 6.07) is 8.34. The molecule has 3 aliphatic rings. The molecule has 4 rings (SSSR count). The SMILES string of the molecule is CN=C(NCCCC(=O)N1Cc2ccccc2C1)N1CCC(OCC2CCCC2)CC1. The van der Waals surface area contributed by atoms with Crippen LogP contribution in [0.25, 0.3) is 0 Å². The number of aliphatic imine (C=N–C) groups is 1. The van der Waals surface area contributed by atoms with Gasteiger partial charge in [-0.15, -0.1) is 0 Å². The van der Waals surface area contributed by atoms with Crippen molar-refractivity contribution in [1.29, 1.82) is 0 Å². The van der Waals surface area contributed by atoms with Crippen LogP contribution in [-0.2, 0) is 22.6 Å². The molecule has 0 spiro atoms. The Bertz CT molecular complexity index is 727. The number of nitrogens with one attached hydrogen (secondary N) is 1. The fourth-order valence-corrected chi connectivity index (χ4v) is 5.12. The second kappa shape index (κ2) is 11.0. The maximum atomic E-state index is 12.6. The van der Waals surface area contributed by atoms with E-state index in [9.17, 15) is 4.79 Å². The summed E-state index contributed by atoms with van der Waals surface area (Å²) in [5, 5.41) is 3.46. The van der Waals surface area contributed by atoms with E-state index in [4.69, 9.17) is 4.74 Å². The van der Waals surface area contributed by atoms with Crippen LogP contribution in [0.2, 0.25) is 0 Å². The fraction of sp³-hybridized carbons (Fsp3) is 0.680. The fourth-order valence-electron chi connectivity index (χ4n) is 5.12.